The molecule has 2 aromatic carbocycles. The van der Waals surface area contributed by atoms with Gasteiger partial charge in [0.1, 0.15) is 0 Å². The quantitative estimate of drug-likeness (QED) is 0.753. The molecule has 0 spiro atoms. The van der Waals surface area contributed by atoms with Gasteiger partial charge in [-0.25, -0.2) is 0 Å². The van der Waals surface area contributed by atoms with Crippen LogP contribution in [-0.2, 0) is 6.18 Å². The zero-order valence-corrected chi connectivity index (χ0v) is 9.89. The molecule has 0 bridgehead atoms. The number of nitrogen functional groups attached to an aromatic ring is 1. The fourth-order valence-corrected chi connectivity index (χ4v) is 1.95. The van der Waals surface area contributed by atoms with Gasteiger partial charge in [-0.15, -0.1) is 0 Å². The molecule has 0 amide bonds. The maximum atomic E-state index is 12.8. The fourth-order valence-electron chi connectivity index (χ4n) is 1.67. The summed E-state index contributed by atoms with van der Waals surface area (Å²) < 4.78 is 38.3. The van der Waals surface area contributed by atoms with Crippen LogP contribution in [0.5, 0.6) is 0 Å². The lowest BCUT2D eigenvalue weighted by Crippen LogP contribution is -2.09. The summed E-state index contributed by atoms with van der Waals surface area (Å²) in [5.41, 5.74) is 5.05. The molecule has 0 heterocycles. The Morgan fingerprint density at radius 3 is 2.17 bits per heavy atom. The van der Waals surface area contributed by atoms with Crippen LogP contribution in [0.1, 0.15) is 5.56 Å². The van der Waals surface area contributed by atoms with Gasteiger partial charge < -0.3 is 5.73 Å². The molecule has 0 aliphatic carbocycles. The first kappa shape index (κ1) is 12.8. The Morgan fingerprint density at radius 2 is 1.61 bits per heavy atom. The van der Waals surface area contributed by atoms with Gasteiger partial charge in [-0.05, 0) is 17.7 Å². The minimum absolute atomic E-state index is 0.201. The van der Waals surface area contributed by atoms with Gasteiger partial charge in [-0.1, -0.05) is 41.9 Å². The van der Waals surface area contributed by atoms with E-state index in [-0.39, 0.29) is 10.7 Å². The minimum Gasteiger partial charge on any atom is -0.398 e. The van der Waals surface area contributed by atoms with E-state index in [2.05, 4.69) is 0 Å². The van der Waals surface area contributed by atoms with E-state index in [9.17, 15) is 13.2 Å². The molecular formula is C13H9ClF3N. The number of benzene rings is 2. The molecule has 2 N–H and O–H groups in total. The monoisotopic (exact) mass is 271 g/mol. The van der Waals surface area contributed by atoms with Crippen molar-refractivity contribution in [2.24, 2.45) is 0 Å². The smallest absolute Gasteiger partial charge is 0.398 e. The van der Waals surface area contributed by atoms with Crippen LogP contribution in [0.4, 0.5) is 18.9 Å². The van der Waals surface area contributed by atoms with Crippen molar-refractivity contribution < 1.29 is 13.2 Å². The molecule has 1 nitrogen and oxygen atoms in total. The Hall–Kier alpha value is -1.68. The number of alkyl halides is 3. The van der Waals surface area contributed by atoms with Crippen LogP contribution in [0.2, 0.25) is 5.02 Å². The SMILES string of the molecule is Nc1cc(Cl)c(-c2ccccc2)cc1C(F)(F)F. The number of hydrogen-bond acceptors (Lipinski definition) is 1. The second kappa shape index (κ2) is 4.53. The van der Waals surface area contributed by atoms with Crippen LogP contribution in [0.3, 0.4) is 0 Å². The third-order valence-electron chi connectivity index (χ3n) is 2.53. The summed E-state index contributed by atoms with van der Waals surface area (Å²) in [7, 11) is 0. The third kappa shape index (κ3) is 2.43. The number of anilines is 1. The predicted octanol–water partition coefficient (Wildman–Crippen LogP) is 4.61. The van der Waals surface area contributed by atoms with Crippen molar-refractivity contribution in [3.63, 3.8) is 0 Å². The van der Waals surface area contributed by atoms with Crippen molar-refractivity contribution in [3.05, 3.63) is 53.1 Å². The third-order valence-corrected chi connectivity index (χ3v) is 2.84. The van der Waals surface area contributed by atoms with Crippen molar-refractivity contribution >= 4 is 17.3 Å². The van der Waals surface area contributed by atoms with Crippen LogP contribution < -0.4 is 5.73 Å². The Balaban J connectivity index is 2.63. The average molecular weight is 272 g/mol. The van der Waals surface area contributed by atoms with Crippen LogP contribution in [0, 0.1) is 0 Å². The van der Waals surface area contributed by atoms with E-state index < -0.39 is 11.7 Å². The van der Waals surface area contributed by atoms with Crippen LogP contribution in [0.25, 0.3) is 11.1 Å². The summed E-state index contributed by atoms with van der Waals surface area (Å²) in [6.07, 6.45) is -4.49. The number of nitrogens with two attached hydrogens (primary N) is 1. The molecule has 0 unspecified atom stereocenters. The van der Waals surface area contributed by atoms with Gasteiger partial charge in [-0.3, -0.25) is 0 Å². The summed E-state index contributed by atoms with van der Waals surface area (Å²) in [6.45, 7) is 0. The Morgan fingerprint density at radius 1 is 1.00 bits per heavy atom. The second-order valence-electron chi connectivity index (χ2n) is 3.78. The zero-order chi connectivity index (χ0) is 13.3. The van der Waals surface area contributed by atoms with E-state index in [1.54, 1.807) is 30.3 Å². The molecule has 0 saturated carbocycles. The number of rotatable bonds is 1. The lowest BCUT2D eigenvalue weighted by atomic mass is 10.0. The highest BCUT2D eigenvalue weighted by molar-refractivity contribution is 6.33. The van der Waals surface area contributed by atoms with Crippen molar-refractivity contribution in [2.75, 3.05) is 5.73 Å². The molecule has 0 aliphatic rings. The molecule has 94 valence electrons. The molecule has 2 rings (SSSR count). The molecule has 0 atom stereocenters. The molecule has 2 aromatic rings. The van der Waals surface area contributed by atoms with E-state index in [4.69, 9.17) is 17.3 Å². The highest BCUT2D eigenvalue weighted by Crippen LogP contribution is 2.39. The topological polar surface area (TPSA) is 26.0 Å². The Kier molecular flexibility index (Phi) is 3.22. The standard InChI is InChI=1S/C13H9ClF3N/c14-11-7-12(18)10(13(15,16)17)6-9(11)8-4-2-1-3-5-8/h1-7H,18H2. The molecule has 0 fully saturated rings. The molecule has 5 heteroatoms. The van der Waals surface area contributed by atoms with Gasteiger partial charge in [0.05, 0.1) is 10.6 Å². The van der Waals surface area contributed by atoms with Crippen molar-refractivity contribution in [1.82, 2.24) is 0 Å². The molecular weight excluding hydrogens is 263 g/mol. The van der Waals surface area contributed by atoms with Crippen LogP contribution in [-0.4, -0.2) is 0 Å². The normalized spacial score (nSPS) is 11.6. The maximum Gasteiger partial charge on any atom is 0.418 e. The summed E-state index contributed by atoms with van der Waals surface area (Å²) in [5.74, 6) is 0. The van der Waals surface area contributed by atoms with Crippen molar-refractivity contribution in [2.45, 2.75) is 6.18 Å². The van der Waals surface area contributed by atoms with Crippen molar-refractivity contribution in [3.8, 4) is 11.1 Å². The van der Waals surface area contributed by atoms with Gasteiger partial charge in [0, 0.05) is 11.3 Å². The molecule has 0 saturated heterocycles. The molecule has 0 aromatic heterocycles. The van der Waals surface area contributed by atoms with Gasteiger partial charge in [-0.2, -0.15) is 13.2 Å². The van der Waals surface area contributed by atoms with Gasteiger partial charge >= 0.3 is 6.18 Å². The lowest BCUT2D eigenvalue weighted by Gasteiger charge is -2.13. The highest BCUT2D eigenvalue weighted by Gasteiger charge is 2.33. The van der Waals surface area contributed by atoms with Crippen LogP contribution >= 0.6 is 11.6 Å². The second-order valence-corrected chi connectivity index (χ2v) is 4.19. The molecule has 18 heavy (non-hydrogen) atoms. The average Bonchev–Trinajstić information content (AvgIpc) is 2.28. The Bertz CT molecular complexity index is 564. The Labute approximate surface area is 107 Å². The summed E-state index contributed by atoms with van der Waals surface area (Å²) >= 11 is 5.94. The van der Waals surface area contributed by atoms with E-state index in [1.807, 2.05) is 0 Å². The van der Waals surface area contributed by atoms with Crippen molar-refractivity contribution in [1.29, 1.82) is 0 Å². The summed E-state index contributed by atoms with van der Waals surface area (Å²) in [6, 6.07) is 10.7. The lowest BCUT2D eigenvalue weighted by molar-refractivity contribution is -0.136. The largest absolute Gasteiger partial charge is 0.418 e. The van der Waals surface area contributed by atoms with Crippen LogP contribution in [0.15, 0.2) is 42.5 Å². The first-order valence-electron chi connectivity index (χ1n) is 5.11. The number of hydrogen-bond donors (Lipinski definition) is 1. The van der Waals surface area contributed by atoms with E-state index in [1.165, 1.54) is 0 Å². The van der Waals surface area contributed by atoms with E-state index in [0.29, 0.717) is 11.1 Å². The van der Waals surface area contributed by atoms with Gasteiger partial charge in [0.25, 0.3) is 0 Å². The highest BCUT2D eigenvalue weighted by atomic mass is 35.5. The first-order valence-corrected chi connectivity index (χ1v) is 5.49. The first-order chi connectivity index (χ1) is 8.39. The van der Waals surface area contributed by atoms with Gasteiger partial charge in [0.15, 0.2) is 0 Å². The van der Waals surface area contributed by atoms with E-state index in [0.717, 1.165) is 12.1 Å². The van der Waals surface area contributed by atoms with E-state index >= 15 is 0 Å². The number of halogens is 4. The summed E-state index contributed by atoms with van der Waals surface area (Å²) in [4.78, 5) is 0. The minimum atomic E-state index is -4.49. The predicted molar refractivity (Wildman–Crippen MR) is 66.3 cm³/mol. The summed E-state index contributed by atoms with van der Waals surface area (Å²) in [5, 5.41) is 0.201. The zero-order valence-electron chi connectivity index (χ0n) is 9.13. The maximum absolute atomic E-state index is 12.8. The fraction of sp³-hybridized carbons (Fsp3) is 0.0769. The van der Waals surface area contributed by atoms with Gasteiger partial charge in [0.2, 0.25) is 0 Å². The molecule has 0 radical (unpaired) electrons. The molecule has 0 aliphatic heterocycles.